The summed E-state index contributed by atoms with van der Waals surface area (Å²) in [4.78, 5) is 37.3. The highest BCUT2D eigenvalue weighted by Gasteiger charge is 2.67. The van der Waals surface area contributed by atoms with Crippen LogP contribution >= 0.6 is 23.2 Å². The predicted octanol–water partition coefficient (Wildman–Crippen LogP) is 10.1. The molecule has 0 saturated heterocycles. The number of carbonyl (C=O) groups is 3. The van der Waals surface area contributed by atoms with E-state index in [-0.39, 0.29) is 70.7 Å². The lowest BCUT2D eigenvalue weighted by Crippen LogP contribution is -2.63. The SMILES string of the molecule is CC(=O)OC1CC[C@@]2(C)C(C1)CC(OC(C)=O)[C@H]1[C@@H]3CC[C@H]([C@H](C)CC=C(c4ccc(Cl)cc4)c4ccc(Cl)cc4)[C@@]3(C)C(OC(C)=O)C[C@@H]12. The van der Waals surface area contributed by atoms with Crippen LogP contribution in [0, 0.1) is 46.3 Å². The maximum atomic E-state index is 12.8. The molecule has 0 amide bonds. The molecular formula is C42H52Cl2O6. The number of halogens is 2. The number of esters is 3. The van der Waals surface area contributed by atoms with Crippen LogP contribution in [0.15, 0.2) is 54.6 Å². The molecule has 0 N–H and O–H groups in total. The lowest BCUT2D eigenvalue weighted by Gasteiger charge is -2.64. The van der Waals surface area contributed by atoms with E-state index < -0.39 is 0 Å². The molecule has 6 rings (SSSR count). The van der Waals surface area contributed by atoms with Gasteiger partial charge in [0.05, 0.1) is 0 Å². The van der Waals surface area contributed by atoms with E-state index >= 15 is 0 Å². The Labute approximate surface area is 307 Å². The molecule has 0 aromatic heterocycles. The molecule has 0 radical (unpaired) electrons. The van der Waals surface area contributed by atoms with Crippen LogP contribution in [0.25, 0.3) is 5.57 Å². The van der Waals surface area contributed by atoms with Crippen LogP contribution in [0.5, 0.6) is 0 Å². The molecule has 4 fully saturated rings. The number of benzene rings is 2. The molecule has 0 spiro atoms. The summed E-state index contributed by atoms with van der Waals surface area (Å²) in [6, 6.07) is 15.9. The van der Waals surface area contributed by atoms with Crippen LogP contribution in [0.1, 0.15) is 104 Å². The van der Waals surface area contributed by atoms with E-state index in [2.05, 4.69) is 51.1 Å². The highest BCUT2D eigenvalue weighted by molar-refractivity contribution is 6.31. The van der Waals surface area contributed by atoms with E-state index in [1.165, 1.54) is 20.8 Å². The predicted molar refractivity (Wildman–Crippen MR) is 196 cm³/mol. The summed E-state index contributed by atoms with van der Waals surface area (Å²) in [6.07, 6.45) is 8.69. The molecule has 270 valence electrons. The molecule has 4 unspecified atom stereocenters. The van der Waals surface area contributed by atoms with Gasteiger partial charge in [0.2, 0.25) is 0 Å². The first kappa shape index (κ1) is 36.9. The third-order valence-corrected chi connectivity index (χ3v) is 13.9. The van der Waals surface area contributed by atoms with Crippen LogP contribution in [0.3, 0.4) is 0 Å². The van der Waals surface area contributed by atoms with Gasteiger partial charge in [-0.15, -0.1) is 0 Å². The number of ether oxygens (including phenoxy) is 3. The van der Waals surface area contributed by atoms with Crippen molar-refractivity contribution in [3.05, 3.63) is 75.8 Å². The van der Waals surface area contributed by atoms with E-state index in [1.807, 2.05) is 24.3 Å². The van der Waals surface area contributed by atoms with E-state index in [1.54, 1.807) is 0 Å². The Bertz CT molecular complexity index is 1560. The summed E-state index contributed by atoms with van der Waals surface area (Å²) in [5.74, 6) is 0.736. The molecule has 50 heavy (non-hydrogen) atoms. The highest BCUT2D eigenvalue weighted by Crippen LogP contribution is 2.69. The van der Waals surface area contributed by atoms with Gasteiger partial charge in [-0.3, -0.25) is 14.4 Å². The molecule has 2 aromatic carbocycles. The van der Waals surface area contributed by atoms with Crippen molar-refractivity contribution in [2.24, 2.45) is 46.3 Å². The average Bonchev–Trinajstić information content (AvgIpc) is 3.41. The smallest absolute Gasteiger partial charge is 0.302 e. The summed E-state index contributed by atoms with van der Waals surface area (Å²) >= 11 is 12.5. The van der Waals surface area contributed by atoms with Crippen molar-refractivity contribution >= 4 is 46.7 Å². The number of carbonyl (C=O) groups excluding carboxylic acids is 3. The molecule has 2 aromatic rings. The molecule has 4 aliphatic rings. The Balaban J connectivity index is 1.33. The number of allylic oxidation sites excluding steroid dienone is 1. The minimum atomic E-state index is -0.280. The molecule has 6 nitrogen and oxygen atoms in total. The first-order chi connectivity index (χ1) is 23.7. The summed E-state index contributed by atoms with van der Waals surface area (Å²) < 4.78 is 18.3. The van der Waals surface area contributed by atoms with E-state index in [0.29, 0.717) is 21.9 Å². The molecule has 4 saturated carbocycles. The lowest BCUT2D eigenvalue weighted by atomic mass is 9.43. The van der Waals surface area contributed by atoms with E-state index in [4.69, 9.17) is 37.4 Å². The maximum absolute atomic E-state index is 12.8. The lowest BCUT2D eigenvalue weighted by molar-refractivity contribution is -0.224. The first-order valence-electron chi connectivity index (χ1n) is 18.4. The fourth-order valence-corrected chi connectivity index (χ4v) is 11.5. The van der Waals surface area contributed by atoms with Gasteiger partial charge in [0.25, 0.3) is 0 Å². The van der Waals surface area contributed by atoms with Crippen molar-refractivity contribution in [2.75, 3.05) is 0 Å². The van der Waals surface area contributed by atoms with Gasteiger partial charge in [0.15, 0.2) is 0 Å². The van der Waals surface area contributed by atoms with Crippen molar-refractivity contribution in [1.82, 2.24) is 0 Å². The van der Waals surface area contributed by atoms with Gasteiger partial charge in [-0.2, -0.15) is 0 Å². The third-order valence-electron chi connectivity index (χ3n) is 13.4. The van der Waals surface area contributed by atoms with Crippen LogP contribution in [-0.4, -0.2) is 36.2 Å². The standard InChI is InChI=1S/C42H52Cl2O6/c1-24(7-16-34(28-8-12-31(43)13-9-28)29-10-14-32(44)15-11-29)35-17-18-36-40-37(23-39(42(35,36)6)50-27(4)47)41(5)20-19-33(48-25(2)45)21-30(41)22-38(40)49-26(3)46/h8-16,24,30,33,35-40H,7,17-23H2,1-6H3/t24-,30?,33?,35-,36+,37+,38?,39?,40+,41+,42-/m1/s1. The number of fused-ring (bicyclic) bond motifs is 5. The van der Waals surface area contributed by atoms with Crippen molar-refractivity contribution in [3.63, 3.8) is 0 Å². The average molecular weight is 724 g/mol. The van der Waals surface area contributed by atoms with Gasteiger partial charge in [0.1, 0.15) is 18.3 Å². The normalized spacial score (nSPS) is 35.0. The largest absolute Gasteiger partial charge is 0.463 e. The quantitative estimate of drug-likeness (QED) is 0.199. The van der Waals surface area contributed by atoms with E-state index in [0.717, 1.165) is 68.1 Å². The fourth-order valence-electron chi connectivity index (χ4n) is 11.2. The van der Waals surface area contributed by atoms with E-state index in [9.17, 15) is 14.4 Å². The molecule has 11 atom stereocenters. The number of hydrogen-bond donors (Lipinski definition) is 0. The Morgan fingerprint density at radius 3 is 1.92 bits per heavy atom. The van der Waals surface area contributed by atoms with Crippen LogP contribution in [0.4, 0.5) is 0 Å². The Morgan fingerprint density at radius 1 is 0.780 bits per heavy atom. The topological polar surface area (TPSA) is 78.9 Å². The second kappa shape index (κ2) is 14.7. The summed E-state index contributed by atoms with van der Waals surface area (Å²) in [6.45, 7) is 11.6. The third kappa shape index (κ3) is 7.13. The number of rotatable bonds is 8. The Morgan fingerprint density at radius 2 is 1.36 bits per heavy atom. The zero-order valence-electron chi connectivity index (χ0n) is 30.3. The number of hydrogen-bond acceptors (Lipinski definition) is 6. The minimum absolute atomic E-state index is 0.0316. The van der Waals surface area contributed by atoms with Crippen molar-refractivity contribution in [2.45, 2.75) is 111 Å². The highest BCUT2D eigenvalue weighted by atomic mass is 35.5. The first-order valence-corrected chi connectivity index (χ1v) is 19.2. The minimum Gasteiger partial charge on any atom is -0.463 e. The van der Waals surface area contributed by atoms with Crippen molar-refractivity contribution in [3.8, 4) is 0 Å². The van der Waals surface area contributed by atoms with Gasteiger partial charge in [-0.05, 0) is 127 Å². The van der Waals surface area contributed by atoms with Gasteiger partial charge in [0, 0.05) is 42.1 Å². The second-order valence-electron chi connectivity index (χ2n) is 16.1. The molecular weight excluding hydrogens is 671 g/mol. The molecule has 8 heteroatoms. The van der Waals surface area contributed by atoms with Crippen LogP contribution in [0.2, 0.25) is 10.0 Å². The monoisotopic (exact) mass is 722 g/mol. The summed E-state index contributed by atoms with van der Waals surface area (Å²) in [5, 5.41) is 1.39. The summed E-state index contributed by atoms with van der Waals surface area (Å²) in [7, 11) is 0. The second-order valence-corrected chi connectivity index (χ2v) is 17.0. The zero-order chi connectivity index (χ0) is 36.0. The Kier molecular flexibility index (Phi) is 10.8. The van der Waals surface area contributed by atoms with Gasteiger partial charge >= 0.3 is 17.9 Å². The maximum Gasteiger partial charge on any atom is 0.302 e. The van der Waals surface area contributed by atoms with Gasteiger partial charge < -0.3 is 14.2 Å². The molecule has 0 bridgehead atoms. The van der Waals surface area contributed by atoms with Gasteiger partial charge in [-0.25, -0.2) is 0 Å². The fraction of sp³-hybridized carbons (Fsp3) is 0.595. The van der Waals surface area contributed by atoms with Crippen molar-refractivity contribution < 1.29 is 28.6 Å². The van der Waals surface area contributed by atoms with Gasteiger partial charge in [-0.1, -0.05) is 74.3 Å². The molecule has 4 aliphatic carbocycles. The van der Waals surface area contributed by atoms with Crippen molar-refractivity contribution in [1.29, 1.82) is 0 Å². The van der Waals surface area contributed by atoms with Crippen LogP contribution < -0.4 is 0 Å². The molecule has 0 aliphatic heterocycles. The van der Waals surface area contributed by atoms with Crippen LogP contribution in [-0.2, 0) is 28.6 Å². The molecule has 0 heterocycles. The zero-order valence-corrected chi connectivity index (χ0v) is 31.8. The summed E-state index contributed by atoms with van der Waals surface area (Å²) in [5.41, 5.74) is 3.01. The Hall–Kier alpha value is -2.83.